The van der Waals surface area contributed by atoms with Gasteiger partial charge in [-0.25, -0.2) is 0 Å². The number of aromatic hydroxyl groups is 1. The fourth-order valence-electron chi connectivity index (χ4n) is 5.54. The molecule has 0 saturated carbocycles. The van der Waals surface area contributed by atoms with Gasteiger partial charge < -0.3 is 19.5 Å². The first-order valence-corrected chi connectivity index (χ1v) is 11.3. The number of piperidine rings is 1. The molecule has 1 aromatic heterocycles. The summed E-state index contributed by atoms with van der Waals surface area (Å²) in [5.74, 6) is 1.71. The number of phenols is 1. The number of fused-ring (bicyclic) bond motifs is 4. The Balaban J connectivity index is 1.24. The van der Waals surface area contributed by atoms with E-state index in [1.54, 1.807) is 12.1 Å². The Morgan fingerprint density at radius 1 is 1.39 bits per heavy atom. The summed E-state index contributed by atoms with van der Waals surface area (Å²) in [6.45, 7) is 5.72. The molecular weight excluding hydrogens is 394 g/mol. The third kappa shape index (κ3) is 3.91. The van der Waals surface area contributed by atoms with Crippen LogP contribution in [-0.4, -0.2) is 50.9 Å². The summed E-state index contributed by atoms with van der Waals surface area (Å²) in [4.78, 5) is 14.9. The van der Waals surface area contributed by atoms with Crippen LogP contribution < -0.4 is 4.74 Å². The number of carbonyl (C=O) groups excluding carboxylic acids is 1. The molecule has 0 spiro atoms. The minimum absolute atomic E-state index is 0.0298. The summed E-state index contributed by atoms with van der Waals surface area (Å²) in [6.07, 6.45) is 7.96. The fourth-order valence-corrected chi connectivity index (χ4v) is 5.54. The number of benzene rings is 1. The maximum absolute atomic E-state index is 12.8. The molecule has 31 heavy (non-hydrogen) atoms. The van der Waals surface area contributed by atoms with Gasteiger partial charge in [0.25, 0.3) is 0 Å². The van der Waals surface area contributed by atoms with Crippen LogP contribution in [0.25, 0.3) is 0 Å². The number of likely N-dealkylation sites (tertiary alicyclic amines) is 1. The molecule has 2 fully saturated rings. The average Bonchev–Trinajstić information content (AvgIpc) is 3.25. The van der Waals surface area contributed by atoms with E-state index in [1.165, 1.54) is 0 Å². The van der Waals surface area contributed by atoms with E-state index in [0.717, 1.165) is 55.6 Å². The Hall–Kier alpha value is -2.54. The monoisotopic (exact) mass is 425 g/mol. The summed E-state index contributed by atoms with van der Waals surface area (Å²) in [5.41, 5.74) is 1.78. The van der Waals surface area contributed by atoms with Crippen molar-refractivity contribution in [1.29, 1.82) is 0 Å². The highest BCUT2D eigenvalue weighted by Crippen LogP contribution is 2.53. The van der Waals surface area contributed by atoms with Gasteiger partial charge in [-0.1, -0.05) is 0 Å². The van der Waals surface area contributed by atoms with Crippen molar-refractivity contribution in [3.05, 3.63) is 41.7 Å². The second kappa shape index (κ2) is 7.86. The molecule has 2 N–H and O–H groups in total. The lowest BCUT2D eigenvalue weighted by atomic mass is 9.70. The van der Waals surface area contributed by atoms with E-state index in [4.69, 9.17) is 9.47 Å². The van der Waals surface area contributed by atoms with Crippen molar-refractivity contribution < 1.29 is 19.4 Å². The predicted octanol–water partition coefficient (Wildman–Crippen LogP) is 3.60. The van der Waals surface area contributed by atoms with Gasteiger partial charge in [0.15, 0.2) is 0 Å². The van der Waals surface area contributed by atoms with Crippen molar-refractivity contribution >= 4 is 5.91 Å². The maximum Gasteiger partial charge on any atom is 0.222 e. The Kier molecular flexibility index (Phi) is 5.16. The molecule has 0 bridgehead atoms. The van der Waals surface area contributed by atoms with Gasteiger partial charge in [-0.05, 0) is 57.2 Å². The largest absolute Gasteiger partial charge is 0.508 e. The minimum atomic E-state index is -0.396. The van der Waals surface area contributed by atoms with E-state index in [1.807, 2.05) is 23.4 Å². The number of carbonyl (C=O) groups is 1. The highest BCUT2D eigenvalue weighted by molar-refractivity contribution is 5.76. The number of hydrogen-bond donors (Lipinski definition) is 2. The van der Waals surface area contributed by atoms with Crippen molar-refractivity contribution in [2.45, 2.75) is 63.8 Å². The quantitative estimate of drug-likeness (QED) is 0.781. The van der Waals surface area contributed by atoms with Gasteiger partial charge in [-0.2, -0.15) is 5.10 Å². The van der Waals surface area contributed by atoms with Crippen molar-refractivity contribution in [2.75, 3.05) is 13.1 Å². The zero-order valence-corrected chi connectivity index (χ0v) is 18.2. The standard InChI is InChI=1S/C24H31N3O4/c1-24(2)19-10-16-14-27(22(29)5-3-4-15-12-25-26-13-15)9-8-20(16)30-23(19)18-7-6-17(28)11-21(18)31-24/h6-7,11-13,16,19-20,23,28H,3-5,8-10,14H2,1-2H3,(H,25,26)/t16-,19-,20-,23+/m0/s1. The number of phenolic OH excluding ortho intramolecular Hbond substituents is 1. The van der Waals surface area contributed by atoms with Crippen molar-refractivity contribution in [2.24, 2.45) is 11.8 Å². The van der Waals surface area contributed by atoms with Crippen molar-refractivity contribution in [3.8, 4) is 11.5 Å². The van der Waals surface area contributed by atoms with Crippen LogP contribution in [0.15, 0.2) is 30.6 Å². The molecule has 1 aromatic carbocycles. The summed E-state index contributed by atoms with van der Waals surface area (Å²) < 4.78 is 12.9. The third-order valence-corrected chi connectivity index (χ3v) is 7.24. The first-order chi connectivity index (χ1) is 14.9. The Morgan fingerprint density at radius 2 is 2.26 bits per heavy atom. The molecule has 7 nitrogen and oxygen atoms in total. The molecule has 0 aliphatic carbocycles. The summed E-state index contributed by atoms with van der Waals surface area (Å²) in [5, 5.41) is 16.7. The number of aromatic amines is 1. The summed E-state index contributed by atoms with van der Waals surface area (Å²) in [7, 11) is 0. The summed E-state index contributed by atoms with van der Waals surface area (Å²) in [6, 6.07) is 5.32. The maximum atomic E-state index is 12.8. The molecule has 4 heterocycles. The lowest BCUT2D eigenvalue weighted by molar-refractivity contribution is -0.188. The van der Waals surface area contributed by atoms with Crippen molar-refractivity contribution in [1.82, 2.24) is 15.1 Å². The van der Waals surface area contributed by atoms with Gasteiger partial charge in [0.05, 0.1) is 18.4 Å². The van der Waals surface area contributed by atoms with Crippen LogP contribution in [0.5, 0.6) is 11.5 Å². The van der Waals surface area contributed by atoms with E-state index in [9.17, 15) is 9.90 Å². The van der Waals surface area contributed by atoms with Crippen LogP contribution in [-0.2, 0) is 16.0 Å². The van der Waals surface area contributed by atoms with E-state index in [2.05, 4.69) is 24.0 Å². The van der Waals surface area contributed by atoms with Gasteiger partial charge in [0.2, 0.25) is 5.91 Å². The fraction of sp³-hybridized carbons (Fsp3) is 0.583. The zero-order valence-electron chi connectivity index (χ0n) is 18.2. The number of nitrogens with zero attached hydrogens (tertiary/aromatic N) is 2. The number of hydrogen-bond acceptors (Lipinski definition) is 5. The number of rotatable bonds is 4. The molecular formula is C24H31N3O4. The molecule has 3 aliphatic rings. The number of aromatic nitrogens is 2. The lowest BCUT2D eigenvalue weighted by Gasteiger charge is -2.53. The van der Waals surface area contributed by atoms with Gasteiger partial charge in [0, 0.05) is 49.2 Å². The molecule has 0 radical (unpaired) electrons. The van der Waals surface area contributed by atoms with Gasteiger partial charge >= 0.3 is 0 Å². The van der Waals surface area contributed by atoms with E-state index < -0.39 is 5.60 Å². The normalized spacial score (nSPS) is 28.8. The molecule has 1 amide bonds. The highest BCUT2D eigenvalue weighted by Gasteiger charge is 2.51. The molecule has 2 saturated heterocycles. The van der Waals surface area contributed by atoms with Crippen LogP contribution in [0.4, 0.5) is 0 Å². The molecule has 7 heteroatoms. The van der Waals surface area contributed by atoms with E-state index in [-0.39, 0.29) is 29.8 Å². The minimum Gasteiger partial charge on any atom is -0.508 e. The molecule has 0 unspecified atom stereocenters. The number of amides is 1. The smallest absolute Gasteiger partial charge is 0.222 e. The van der Waals surface area contributed by atoms with Gasteiger partial charge in [-0.15, -0.1) is 0 Å². The van der Waals surface area contributed by atoms with Crippen LogP contribution in [0.3, 0.4) is 0 Å². The zero-order chi connectivity index (χ0) is 21.6. The van der Waals surface area contributed by atoms with Crippen LogP contribution in [0, 0.1) is 11.8 Å². The Bertz CT molecular complexity index is 942. The molecule has 2 aromatic rings. The second-order valence-corrected chi connectivity index (χ2v) is 9.71. The van der Waals surface area contributed by atoms with Crippen molar-refractivity contribution in [3.63, 3.8) is 0 Å². The second-order valence-electron chi connectivity index (χ2n) is 9.71. The van der Waals surface area contributed by atoms with Gasteiger partial charge in [-0.3, -0.25) is 9.89 Å². The number of nitrogens with one attached hydrogen (secondary N) is 1. The third-order valence-electron chi connectivity index (χ3n) is 7.24. The van der Waals surface area contributed by atoms with Gasteiger partial charge in [0.1, 0.15) is 17.1 Å². The molecule has 5 rings (SSSR count). The first-order valence-electron chi connectivity index (χ1n) is 11.3. The number of aryl methyl sites for hydroxylation is 1. The summed E-state index contributed by atoms with van der Waals surface area (Å²) >= 11 is 0. The lowest BCUT2D eigenvalue weighted by Crippen LogP contribution is -2.55. The molecule has 3 aliphatic heterocycles. The first kappa shape index (κ1) is 20.4. The van der Waals surface area contributed by atoms with Crippen LogP contribution >= 0.6 is 0 Å². The van der Waals surface area contributed by atoms with Crippen LogP contribution in [0.1, 0.15) is 56.8 Å². The SMILES string of the molecule is CC1(C)Oc2cc(O)ccc2[C@H]2O[C@H]3CCN(C(=O)CCCc4cn[nH]c4)C[C@@H]3C[C@@H]21. The topological polar surface area (TPSA) is 87.7 Å². The number of ether oxygens (including phenoxy) is 2. The Morgan fingerprint density at radius 3 is 3.06 bits per heavy atom. The highest BCUT2D eigenvalue weighted by atomic mass is 16.5. The predicted molar refractivity (Wildman–Crippen MR) is 115 cm³/mol. The molecule has 4 atom stereocenters. The Labute approximate surface area is 182 Å². The number of H-pyrrole nitrogens is 1. The average molecular weight is 426 g/mol. The van der Waals surface area contributed by atoms with Crippen LogP contribution in [0.2, 0.25) is 0 Å². The molecule has 166 valence electrons. The van der Waals surface area contributed by atoms with E-state index in [0.29, 0.717) is 12.3 Å². The van der Waals surface area contributed by atoms with E-state index >= 15 is 0 Å².